The monoisotopic (exact) mass is 906 g/mol. The quantitative estimate of drug-likeness (QED) is 0.0757. The summed E-state index contributed by atoms with van der Waals surface area (Å²) in [5, 5.41) is 20.7. The Kier molecular flexibility index (Phi) is 14.9. The van der Waals surface area contributed by atoms with Crippen molar-refractivity contribution >= 4 is 35.1 Å². The molecule has 14 heteroatoms. The number of rotatable bonds is 18. The number of ether oxygens (including phenoxy) is 2. The molecular formula is C52H71N7O7. The number of aromatic hydroxyl groups is 1. The molecule has 0 radical (unpaired) electrons. The molecule has 2 aromatic heterocycles. The summed E-state index contributed by atoms with van der Waals surface area (Å²) in [6.07, 6.45) is 7.67. The molecule has 3 amide bonds. The molecule has 2 unspecified atom stereocenters. The van der Waals surface area contributed by atoms with Gasteiger partial charge >= 0.3 is 0 Å². The topological polar surface area (TPSA) is 167 Å². The second-order valence-corrected chi connectivity index (χ2v) is 20.1. The lowest BCUT2D eigenvalue weighted by Gasteiger charge is -2.45. The molecule has 0 bridgehead atoms. The van der Waals surface area contributed by atoms with Gasteiger partial charge < -0.3 is 34.7 Å². The Morgan fingerprint density at radius 2 is 1.85 bits per heavy atom. The van der Waals surface area contributed by atoms with Gasteiger partial charge in [0.15, 0.2) is 0 Å². The normalized spacial score (nSPS) is 19.6. The van der Waals surface area contributed by atoms with Crippen LogP contribution in [-0.4, -0.2) is 106 Å². The summed E-state index contributed by atoms with van der Waals surface area (Å²) in [7, 11) is 3.40. The molecule has 1 saturated carbocycles. The number of hydrazine groups is 1. The van der Waals surface area contributed by atoms with Gasteiger partial charge in [-0.2, -0.15) is 0 Å². The Morgan fingerprint density at radius 1 is 1.08 bits per heavy atom. The van der Waals surface area contributed by atoms with Crippen molar-refractivity contribution in [3.8, 4) is 28.1 Å². The molecule has 3 aliphatic rings. The molecule has 14 nitrogen and oxygen atoms in total. The largest absolute Gasteiger partial charge is 0.508 e. The Bertz CT molecular complexity index is 2410. The van der Waals surface area contributed by atoms with Crippen LogP contribution in [0, 0.1) is 17.3 Å². The fraction of sp³-hybridized carbons (Fsp3) is 0.558. The Morgan fingerprint density at radius 3 is 2.52 bits per heavy atom. The van der Waals surface area contributed by atoms with Crippen molar-refractivity contribution in [1.82, 2.24) is 35.5 Å². The van der Waals surface area contributed by atoms with E-state index in [9.17, 15) is 24.3 Å². The highest BCUT2D eigenvalue weighted by Gasteiger charge is 2.52. The van der Waals surface area contributed by atoms with Crippen molar-refractivity contribution < 1.29 is 33.8 Å². The van der Waals surface area contributed by atoms with Crippen molar-refractivity contribution in [2.24, 2.45) is 17.3 Å². The van der Waals surface area contributed by atoms with Gasteiger partial charge in [-0.15, -0.1) is 0 Å². The van der Waals surface area contributed by atoms with Crippen LogP contribution in [0.2, 0.25) is 0 Å². The van der Waals surface area contributed by atoms with Crippen molar-refractivity contribution in [1.29, 1.82) is 0 Å². The number of likely N-dealkylation sites (N-methyl/N-ethyl adjacent to an activating group) is 1. The zero-order valence-electron chi connectivity index (χ0n) is 40.4. The first-order valence-corrected chi connectivity index (χ1v) is 23.9. The molecule has 4 heterocycles. The van der Waals surface area contributed by atoms with Gasteiger partial charge in [-0.1, -0.05) is 39.8 Å². The van der Waals surface area contributed by atoms with Gasteiger partial charge in [-0.05, 0) is 137 Å². The highest BCUT2D eigenvalue weighted by molar-refractivity contribution is 5.96. The number of pyridine rings is 1. The molecule has 1 aliphatic carbocycles. The summed E-state index contributed by atoms with van der Waals surface area (Å²) in [6.45, 7) is 16.8. The van der Waals surface area contributed by atoms with Crippen LogP contribution in [0.25, 0.3) is 33.3 Å². The second kappa shape index (κ2) is 20.3. The van der Waals surface area contributed by atoms with Crippen LogP contribution in [0.4, 0.5) is 0 Å². The number of nitrogens with zero attached hydrogens (tertiary/aromatic N) is 4. The van der Waals surface area contributed by atoms with Crippen LogP contribution in [-0.2, 0) is 48.0 Å². The third-order valence-electron chi connectivity index (χ3n) is 14.3. The number of methoxy groups -OCH3 is 1. The van der Waals surface area contributed by atoms with E-state index in [1.165, 1.54) is 0 Å². The zero-order valence-corrected chi connectivity index (χ0v) is 40.4. The smallest absolute Gasteiger partial charge is 0.293 e. The van der Waals surface area contributed by atoms with E-state index in [-0.39, 0.29) is 66.0 Å². The summed E-state index contributed by atoms with van der Waals surface area (Å²) in [6, 6.07) is 13.9. The standard InChI is InChI=1S/C52H71N7O7/c1-10-58-44-17-16-36(28-40(44)41(29-51(6,7)30-66-31-60)47(58)39-15-11-21-53-45(39)34(5)65-9)37-24-35(25-38(61)27-37)26-43(50(64)59-23-12-14-33(4)56-59)55-48(62)46(32(2)3)57(8)49(63)42-18-22-54-52(42)19-13-20-52/h11,15-17,21,24-25,27-28,31-34,42-43,46,54,56,61H,10,12-14,18-20,22-23,26,29-30H2,1-9H3,(H,55,62)/t33-,34+,42?,43+,46?/m1/s1. The lowest BCUT2D eigenvalue weighted by atomic mass is 9.69. The number of amides is 3. The maximum atomic E-state index is 14.5. The third-order valence-corrected chi connectivity index (χ3v) is 14.3. The molecule has 3 fully saturated rings. The number of aryl methyl sites for hydroxylation is 1. The van der Waals surface area contributed by atoms with Gasteiger partial charge in [0.2, 0.25) is 11.8 Å². The summed E-state index contributed by atoms with van der Waals surface area (Å²) in [5.74, 6) is -1.08. The fourth-order valence-corrected chi connectivity index (χ4v) is 10.8. The number of aromatic nitrogens is 2. The Labute approximate surface area is 390 Å². The SMILES string of the molecule is CCn1c(-c2cccnc2[C@H](C)OC)c(CC(C)(C)COC=O)c2cc(-c3cc(O)cc(C[C@H](NC(=O)C(C(C)C)N(C)C(=O)C4CCNC45CCC5)C(=O)N4CCC[C@@H](C)N4)c3)ccc21. The predicted molar refractivity (Wildman–Crippen MR) is 256 cm³/mol. The first-order valence-electron chi connectivity index (χ1n) is 23.9. The highest BCUT2D eigenvalue weighted by atomic mass is 16.5. The van der Waals surface area contributed by atoms with Gasteiger partial charge in [0, 0.05) is 73.3 Å². The maximum absolute atomic E-state index is 14.5. The number of hydrogen-bond acceptors (Lipinski definition) is 10. The van der Waals surface area contributed by atoms with E-state index >= 15 is 0 Å². The summed E-state index contributed by atoms with van der Waals surface area (Å²) >= 11 is 0. The minimum Gasteiger partial charge on any atom is -0.508 e. The number of nitrogens with one attached hydrogen (secondary N) is 3. The minimum atomic E-state index is -0.991. The number of carbonyl (C=O) groups is 4. The van der Waals surface area contributed by atoms with E-state index in [0.717, 1.165) is 89.6 Å². The number of hydrogen-bond donors (Lipinski definition) is 4. The lowest BCUT2D eigenvalue weighted by Crippen LogP contribution is -2.62. The molecule has 1 spiro atoms. The lowest BCUT2D eigenvalue weighted by molar-refractivity contribution is -0.147. The number of phenols is 1. The van der Waals surface area contributed by atoms with Crippen LogP contribution < -0.4 is 16.1 Å². The summed E-state index contributed by atoms with van der Waals surface area (Å²) < 4.78 is 13.4. The van der Waals surface area contributed by atoms with Crippen LogP contribution >= 0.6 is 0 Å². The molecule has 356 valence electrons. The average Bonchev–Trinajstić information content (AvgIpc) is 3.87. The van der Waals surface area contributed by atoms with Crippen LogP contribution in [0.1, 0.15) is 110 Å². The molecule has 4 N–H and O–H groups in total. The van der Waals surface area contributed by atoms with Crippen LogP contribution in [0.5, 0.6) is 5.75 Å². The van der Waals surface area contributed by atoms with Gasteiger partial charge in [-0.25, -0.2) is 5.43 Å². The Hall–Kier alpha value is -5.31. The van der Waals surface area contributed by atoms with Crippen molar-refractivity contribution in [2.45, 2.75) is 136 Å². The van der Waals surface area contributed by atoms with E-state index in [1.807, 2.05) is 45.9 Å². The van der Waals surface area contributed by atoms with Crippen molar-refractivity contribution in [2.75, 3.05) is 33.9 Å². The number of fused-ring (bicyclic) bond motifs is 1. The van der Waals surface area contributed by atoms with E-state index in [2.05, 4.69) is 59.6 Å². The number of benzene rings is 2. The molecule has 66 heavy (non-hydrogen) atoms. The first kappa shape index (κ1) is 48.6. The van der Waals surface area contributed by atoms with Crippen molar-refractivity contribution in [3.05, 3.63) is 71.5 Å². The second-order valence-electron chi connectivity index (χ2n) is 20.1. The van der Waals surface area contributed by atoms with Crippen molar-refractivity contribution in [3.63, 3.8) is 0 Å². The number of carbonyl (C=O) groups excluding carboxylic acids is 4. The zero-order chi connectivity index (χ0) is 47.5. The number of phenolic OH excluding ortho intramolecular Hbond substituents is 1. The average molecular weight is 906 g/mol. The van der Waals surface area contributed by atoms with E-state index in [1.54, 1.807) is 42.4 Å². The van der Waals surface area contributed by atoms with Gasteiger partial charge in [0.1, 0.15) is 17.8 Å². The van der Waals surface area contributed by atoms with E-state index < -0.39 is 17.5 Å². The summed E-state index contributed by atoms with van der Waals surface area (Å²) in [4.78, 5) is 61.0. The summed E-state index contributed by atoms with van der Waals surface area (Å²) in [5.41, 5.74) is 9.82. The van der Waals surface area contributed by atoms with Crippen LogP contribution in [0.3, 0.4) is 0 Å². The van der Waals surface area contributed by atoms with E-state index in [0.29, 0.717) is 31.5 Å². The molecule has 4 aromatic rings. The third kappa shape index (κ3) is 10.0. The van der Waals surface area contributed by atoms with Gasteiger partial charge in [0.25, 0.3) is 12.4 Å². The molecular weight excluding hydrogens is 835 g/mol. The minimum absolute atomic E-state index is 0.0260. The van der Waals surface area contributed by atoms with Gasteiger partial charge in [-0.3, -0.25) is 29.2 Å². The molecule has 2 aliphatic heterocycles. The maximum Gasteiger partial charge on any atom is 0.293 e. The molecule has 2 saturated heterocycles. The van der Waals surface area contributed by atoms with Crippen LogP contribution in [0.15, 0.2) is 54.7 Å². The fourth-order valence-electron chi connectivity index (χ4n) is 10.8. The molecule has 2 aromatic carbocycles. The highest BCUT2D eigenvalue weighted by Crippen LogP contribution is 2.45. The Balaban J connectivity index is 1.26. The van der Waals surface area contributed by atoms with E-state index in [4.69, 9.17) is 14.5 Å². The first-order chi connectivity index (χ1) is 31.5. The molecule has 7 rings (SSSR count). The van der Waals surface area contributed by atoms with Gasteiger partial charge in [0.05, 0.1) is 30.0 Å². The predicted octanol–water partition coefficient (Wildman–Crippen LogP) is 7.10. The molecule has 5 atom stereocenters.